The molecule has 22 heavy (non-hydrogen) atoms. The molecule has 0 amide bonds. The minimum atomic E-state index is -3.72. The third-order valence-corrected chi connectivity index (χ3v) is 4.82. The largest absolute Gasteiger partial charge is 0.506 e. The first-order valence-corrected chi connectivity index (χ1v) is 8.51. The molecule has 4 nitrogen and oxygen atoms in total. The van der Waals surface area contributed by atoms with Crippen molar-refractivity contribution in [3.8, 4) is 5.75 Å². The van der Waals surface area contributed by atoms with Crippen LogP contribution in [0.15, 0.2) is 47.4 Å². The SMILES string of the molecule is Cc1ccc(S(=O)(=O)Nc2cc(C(C)(C)C)ccc2O)cc1. The van der Waals surface area contributed by atoms with Crippen molar-refractivity contribution in [3.63, 3.8) is 0 Å². The molecule has 0 unspecified atom stereocenters. The van der Waals surface area contributed by atoms with E-state index in [2.05, 4.69) is 4.72 Å². The van der Waals surface area contributed by atoms with E-state index in [1.807, 2.05) is 27.7 Å². The minimum Gasteiger partial charge on any atom is -0.506 e. The van der Waals surface area contributed by atoms with Crippen molar-refractivity contribution in [3.05, 3.63) is 53.6 Å². The number of phenolic OH excluding ortho intramolecular Hbond substituents is 1. The molecule has 0 aliphatic heterocycles. The molecule has 0 atom stereocenters. The summed E-state index contributed by atoms with van der Waals surface area (Å²) < 4.78 is 27.3. The van der Waals surface area contributed by atoms with Gasteiger partial charge < -0.3 is 5.11 Å². The average molecular weight is 319 g/mol. The molecule has 118 valence electrons. The number of hydrogen-bond donors (Lipinski definition) is 2. The van der Waals surface area contributed by atoms with Crippen LogP contribution in [0.4, 0.5) is 5.69 Å². The highest BCUT2D eigenvalue weighted by molar-refractivity contribution is 7.92. The van der Waals surface area contributed by atoms with Crippen LogP contribution in [0.3, 0.4) is 0 Å². The van der Waals surface area contributed by atoms with Crippen LogP contribution in [0.25, 0.3) is 0 Å². The van der Waals surface area contributed by atoms with Gasteiger partial charge in [0, 0.05) is 0 Å². The number of aryl methyl sites for hydroxylation is 1. The Hall–Kier alpha value is -2.01. The molecule has 0 aromatic heterocycles. The van der Waals surface area contributed by atoms with Crippen molar-refractivity contribution < 1.29 is 13.5 Å². The van der Waals surface area contributed by atoms with Crippen molar-refractivity contribution >= 4 is 15.7 Å². The van der Waals surface area contributed by atoms with Gasteiger partial charge in [-0.25, -0.2) is 8.42 Å². The van der Waals surface area contributed by atoms with Gasteiger partial charge in [-0.15, -0.1) is 0 Å². The normalized spacial score (nSPS) is 12.2. The Bertz CT molecular complexity index is 773. The van der Waals surface area contributed by atoms with Crippen molar-refractivity contribution in [2.45, 2.75) is 38.0 Å². The standard InChI is InChI=1S/C17H21NO3S/c1-12-5-8-14(9-6-12)22(20,21)18-15-11-13(17(2,3)4)7-10-16(15)19/h5-11,18-19H,1-4H3. The van der Waals surface area contributed by atoms with Crippen LogP contribution in [-0.2, 0) is 15.4 Å². The summed E-state index contributed by atoms with van der Waals surface area (Å²) in [5.74, 6) is -0.0938. The summed E-state index contributed by atoms with van der Waals surface area (Å²) in [5.41, 5.74) is 1.97. The summed E-state index contributed by atoms with van der Waals surface area (Å²) in [5, 5.41) is 9.93. The smallest absolute Gasteiger partial charge is 0.262 e. The lowest BCUT2D eigenvalue weighted by Gasteiger charge is -2.20. The fourth-order valence-corrected chi connectivity index (χ4v) is 3.07. The zero-order valence-corrected chi connectivity index (χ0v) is 14.0. The van der Waals surface area contributed by atoms with Gasteiger partial charge >= 0.3 is 0 Å². The second kappa shape index (κ2) is 5.65. The molecule has 0 radical (unpaired) electrons. The van der Waals surface area contributed by atoms with Crippen molar-refractivity contribution in [1.82, 2.24) is 0 Å². The van der Waals surface area contributed by atoms with Gasteiger partial charge in [0.15, 0.2) is 0 Å². The van der Waals surface area contributed by atoms with E-state index in [1.165, 1.54) is 6.07 Å². The topological polar surface area (TPSA) is 66.4 Å². The van der Waals surface area contributed by atoms with E-state index in [-0.39, 0.29) is 21.7 Å². The highest BCUT2D eigenvalue weighted by Gasteiger charge is 2.19. The van der Waals surface area contributed by atoms with E-state index < -0.39 is 10.0 Å². The van der Waals surface area contributed by atoms with Gasteiger partial charge in [-0.3, -0.25) is 4.72 Å². The number of rotatable bonds is 3. The van der Waals surface area contributed by atoms with Crippen LogP contribution >= 0.6 is 0 Å². The fraction of sp³-hybridized carbons (Fsp3) is 0.294. The van der Waals surface area contributed by atoms with Crippen LogP contribution in [0, 0.1) is 6.92 Å². The predicted molar refractivity (Wildman–Crippen MR) is 88.8 cm³/mol. The first-order chi connectivity index (χ1) is 10.1. The molecule has 2 aromatic carbocycles. The van der Waals surface area contributed by atoms with Crippen LogP contribution in [-0.4, -0.2) is 13.5 Å². The van der Waals surface area contributed by atoms with E-state index in [0.717, 1.165) is 11.1 Å². The lowest BCUT2D eigenvalue weighted by molar-refractivity contribution is 0.476. The zero-order valence-electron chi connectivity index (χ0n) is 13.2. The van der Waals surface area contributed by atoms with Gasteiger partial charge in [0.1, 0.15) is 5.75 Å². The third-order valence-electron chi connectivity index (χ3n) is 3.44. The Balaban J connectivity index is 2.39. The highest BCUT2D eigenvalue weighted by Crippen LogP contribution is 2.32. The van der Waals surface area contributed by atoms with E-state index in [1.54, 1.807) is 36.4 Å². The molecule has 2 rings (SSSR count). The first-order valence-electron chi connectivity index (χ1n) is 7.02. The van der Waals surface area contributed by atoms with Crippen molar-refractivity contribution in [1.29, 1.82) is 0 Å². The van der Waals surface area contributed by atoms with Gasteiger partial charge in [0.25, 0.3) is 10.0 Å². The second-order valence-electron chi connectivity index (χ2n) is 6.40. The predicted octanol–water partition coefficient (Wildman–Crippen LogP) is 3.80. The summed E-state index contributed by atoms with van der Waals surface area (Å²) >= 11 is 0. The summed E-state index contributed by atoms with van der Waals surface area (Å²) in [6.07, 6.45) is 0. The molecule has 0 aliphatic rings. The molecule has 0 bridgehead atoms. The molecule has 0 spiro atoms. The Morgan fingerprint density at radius 1 is 1.00 bits per heavy atom. The Morgan fingerprint density at radius 3 is 2.14 bits per heavy atom. The van der Waals surface area contributed by atoms with Gasteiger partial charge in [-0.05, 0) is 42.2 Å². The number of nitrogens with one attached hydrogen (secondary N) is 1. The molecule has 0 heterocycles. The number of benzene rings is 2. The number of anilines is 1. The average Bonchev–Trinajstić information content (AvgIpc) is 2.40. The summed E-state index contributed by atoms with van der Waals surface area (Å²) in [7, 11) is -3.72. The highest BCUT2D eigenvalue weighted by atomic mass is 32.2. The lowest BCUT2D eigenvalue weighted by Crippen LogP contribution is -2.15. The van der Waals surface area contributed by atoms with Crippen LogP contribution in [0.1, 0.15) is 31.9 Å². The number of hydrogen-bond acceptors (Lipinski definition) is 3. The Labute approximate surface area is 131 Å². The summed E-state index contributed by atoms with van der Waals surface area (Å²) in [6, 6.07) is 11.5. The minimum absolute atomic E-state index is 0.0938. The van der Waals surface area contributed by atoms with E-state index >= 15 is 0 Å². The van der Waals surface area contributed by atoms with Crippen molar-refractivity contribution in [2.24, 2.45) is 0 Å². The molecule has 0 fully saturated rings. The first kappa shape index (κ1) is 16.4. The maximum Gasteiger partial charge on any atom is 0.262 e. The Morgan fingerprint density at radius 2 is 1.59 bits per heavy atom. The molecule has 0 saturated carbocycles. The van der Waals surface area contributed by atoms with Crippen LogP contribution in [0.5, 0.6) is 5.75 Å². The quantitative estimate of drug-likeness (QED) is 0.846. The molecular weight excluding hydrogens is 298 g/mol. The van der Waals surface area contributed by atoms with E-state index in [9.17, 15) is 13.5 Å². The van der Waals surface area contributed by atoms with Gasteiger partial charge in [0.2, 0.25) is 0 Å². The maximum atomic E-state index is 12.4. The van der Waals surface area contributed by atoms with Crippen molar-refractivity contribution in [2.75, 3.05) is 4.72 Å². The number of sulfonamides is 1. The molecule has 2 N–H and O–H groups in total. The van der Waals surface area contributed by atoms with Crippen LogP contribution in [0.2, 0.25) is 0 Å². The fourth-order valence-electron chi connectivity index (χ4n) is 2.01. The molecular formula is C17H21NO3S. The van der Waals surface area contributed by atoms with Crippen LogP contribution < -0.4 is 4.72 Å². The number of aromatic hydroxyl groups is 1. The molecule has 5 heteroatoms. The molecule has 0 saturated heterocycles. The van der Waals surface area contributed by atoms with Gasteiger partial charge in [-0.2, -0.15) is 0 Å². The Kier molecular flexibility index (Phi) is 4.20. The van der Waals surface area contributed by atoms with Gasteiger partial charge in [-0.1, -0.05) is 44.5 Å². The maximum absolute atomic E-state index is 12.4. The monoisotopic (exact) mass is 319 g/mol. The third kappa shape index (κ3) is 3.60. The van der Waals surface area contributed by atoms with E-state index in [0.29, 0.717) is 0 Å². The summed E-state index contributed by atoms with van der Waals surface area (Å²) in [6.45, 7) is 7.97. The van der Waals surface area contributed by atoms with Gasteiger partial charge in [0.05, 0.1) is 10.6 Å². The summed E-state index contributed by atoms with van der Waals surface area (Å²) in [4.78, 5) is 0.165. The zero-order chi connectivity index (χ0) is 16.5. The molecule has 2 aromatic rings. The van der Waals surface area contributed by atoms with E-state index in [4.69, 9.17) is 0 Å². The second-order valence-corrected chi connectivity index (χ2v) is 8.08. The lowest BCUT2D eigenvalue weighted by atomic mass is 9.87. The number of phenols is 1. The molecule has 0 aliphatic carbocycles.